The van der Waals surface area contributed by atoms with Crippen LogP contribution in [0.1, 0.15) is 78.1 Å². The SMILES string of the molecule is CC(C)(C=O)CCCCOCCCCC1(C=O)CCCC1. The molecule has 0 unspecified atom stereocenters. The molecule has 0 amide bonds. The maximum Gasteiger partial charge on any atom is 0.126 e. The fraction of sp³-hybridized carbons (Fsp3) is 0.889. The van der Waals surface area contributed by atoms with E-state index >= 15 is 0 Å². The average Bonchev–Trinajstić information content (AvgIpc) is 2.95. The van der Waals surface area contributed by atoms with E-state index in [0.717, 1.165) is 70.9 Å². The smallest absolute Gasteiger partial charge is 0.126 e. The van der Waals surface area contributed by atoms with Crippen LogP contribution in [0.2, 0.25) is 0 Å². The molecule has 0 spiro atoms. The maximum atomic E-state index is 11.2. The van der Waals surface area contributed by atoms with Crippen molar-refractivity contribution >= 4 is 12.6 Å². The summed E-state index contributed by atoms with van der Waals surface area (Å²) in [5, 5.41) is 0. The van der Waals surface area contributed by atoms with E-state index in [2.05, 4.69) is 0 Å². The summed E-state index contributed by atoms with van der Waals surface area (Å²) in [5.41, 5.74) is -0.190. The van der Waals surface area contributed by atoms with E-state index in [4.69, 9.17) is 4.74 Å². The highest BCUT2D eigenvalue weighted by Crippen LogP contribution is 2.40. The van der Waals surface area contributed by atoms with Gasteiger partial charge in [-0.15, -0.1) is 0 Å². The fourth-order valence-corrected chi connectivity index (χ4v) is 3.13. The molecule has 3 nitrogen and oxygen atoms in total. The van der Waals surface area contributed by atoms with Gasteiger partial charge in [0, 0.05) is 24.0 Å². The van der Waals surface area contributed by atoms with Crippen molar-refractivity contribution in [2.75, 3.05) is 13.2 Å². The Labute approximate surface area is 129 Å². The van der Waals surface area contributed by atoms with Gasteiger partial charge in [0.2, 0.25) is 0 Å². The van der Waals surface area contributed by atoms with Crippen LogP contribution in [0.5, 0.6) is 0 Å². The van der Waals surface area contributed by atoms with Gasteiger partial charge < -0.3 is 14.3 Å². The van der Waals surface area contributed by atoms with Crippen LogP contribution >= 0.6 is 0 Å². The van der Waals surface area contributed by atoms with E-state index in [0.29, 0.717) is 0 Å². The van der Waals surface area contributed by atoms with Crippen LogP contribution in [-0.4, -0.2) is 25.8 Å². The summed E-state index contributed by atoms with van der Waals surface area (Å²) in [5.74, 6) is 0. The van der Waals surface area contributed by atoms with Gasteiger partial charge in [0.15, 0.2) is 0 Å². The monoisotopic (exact) mass is 296 g/mol. The molecule has 1 aliphatic rings. The second kappa shape index (κ2) is 9.34. The lowest BCUT2D eigenvalue weighted by Gasteiger charge is -2.21. The molecule has 3 heteroatoms. The lowest BCUT2D eigenvalue weighted by Crippen LogP contribution is -2.18. The molecule has 1 saturated carbocycles. The van der Waals surface area contributed by atoms with Crippen LogP contribution in [0.3, 0.4) is 0 Å². The fourth-order valence-electron chi connectivity index (χ4n) is 3.13. The van der Waals surface area contributed by atoms with Crippen molar-refractivity contribution in [3.63, 3.8) is 0 Å². The molecule has 0 aliphatic heterocycles. The molecule has 0 saturated heterocycles. The van der Waals surface area contributed by atoms with Crippen LogP contribution in [0.15, 0.2) is 0 Å². The Hall–Kier alpha value is -0.700. The van der Waals surface area contributed by atoms with Gasteiger partial charge in [-0.3, -0.25) is 0 Å². The first-order valence-corrected chi connectivity index (χ1v) is 8.54. The molecule has 1 fully saturated rings. The highest BCUT2D eigenvalue weighted by atomic mass is 16.5. The quantitative estimate of drug-likeness (QED) is 0.398. The molecule has 0 atom stereocenters. The molecule has 0 aromatic carbocycles. The Morgan fingerprint density at radius 1 is 1.00 bits per heavy atom. The number of carbonyl (C=O) groups is 2. The minimum atomic E-state index is -0.190. The number of ether oxygens (including phenoxy) is 1. The van der Waals surface area contributed by atoms with Crippen LogP contribution in [0, 0.1) is 10.8 Å². The third-order valence-electron chi connectivity index (χ3n) is 4.74. The Balaban J connectivity index is 1.93. The van der Waals surface area contributed by atoms with E-state index in [-0.39, 0.29) is 10.8 Å². The van der Waals surface area contributed by atoms with Gasteiger partial charge in [0.25, 0.3) is 0 Å². The lowest BCUT2D eigenvalue weighted by molar-refractivity contribution is -0.116. The molecule has 0 radical (unpaired) electrons. The Morgan fingerprint density at radius 2 is 1.62 bits per heavy atom. The van der Waals surface area contributed by atoms with E-state index in [9.17, 15) is 9.59 Å². The molecular weight excluding hydrogens is 264 g/mol. The Bertz CT molecular complexity index is 304. The van der Waals surface area contributed by atoms with Crippen molar-refractivity contribution in [3.05, 3.63) is 0 Å². The Morgan fingerprint density at radius 3 is 2.19 bits per heavy atom. The predicted octanol–water partition coefficient (Wildman–Crippen LogP) is 4.33. The van der Waals surface area contributed by atoms with Crippen LogP contribution in [0.25, 0.3) is 0 Å². The summed E-state index contributed by atoms with van der Waals surface area (Å²) in [6.45, 7) is 5.54. The zero-order valence-corrected chi connectivity index (χ0v) is 13.9. The maximum absolute atomic E-state index is 11.2. The van der Waals surface area contributed by atoms with E-state index < -0.39 is 0 Å². The van der Waals surface area contributed by atoms with Crippen molar-refractivity contribution in [3.8, 4) is 0 Å². The summed E-state index contributed by atoms with van der Waals surface area (Å²) in [6, 6.07) is 0. The van der Waals surface area contributed by atoms with E-state index in [1.807, 2.05) is 13.8 Å². The number of carbonyl (C=O) groups excluding carboxylic acids is 2. The van der Waals surface area contributed by atoms with Crippen LogP contribution < -0.4 is 0 Å². The standard InChI is InChI=1S/C18H32O3/c1-17(2,15-19)9-5-7-13-21-14-8-6-12-18(16-20)10-3-4-11-18/h15-16H,3-14H2,1-2H3. The molecule has 0 heterocycles. The van der Waals surface area contributed by atoms with E-state index in [1.165, 1.54) is 19.1 Å². The molecule has 21 heavy (non-hydrogen) atoms. The van der Waals surface area contributed by atoms with Gasteiger partial charge in [-0.25, -0.2) is 0 Å². The molecule has 1 rings (SSSR count). The Kier molecular flexibility index (Phi) is 8.16. The highest BCUT2D eigenvalue weighted by Gasteiger charge is 2.32. The van der Waals surface area contributed by atoms with Crippen LogP contribution in [-0.2, 0) is 14.3 Å². The van der Waals surface area contributed by atoms with Gasteiger partial charge in [-0.2, -0.15) is 0 Å². The number of hydrogen-bond donors (Lipinski definition) is 0. The lowest BCUT2D eigenvalue weighted by atomic mass is 9.83. The largest absolute Gasteiger partial charge is 0.381 e. The first kappa shape index (κ1) is 18.3. The third-order valence-corrected chi connectivity index (χ3v) is 4.74. The molecule has 0 aromatic rings. The molecule has 1 aliphatic carbocycles. The minimum absolute atomic E-state index is 0.000409. The van der Waals surface area contributed by atoms with Crippen molar-refractivity contribution in [1.29, 1.82) is 0 Å². The second-order valence-electron chi connectivity index (χ2n) is 7.32. The predicted molar refractivity (Wildman–Crippen MR) is 85.3 cm³/mol. The van der Waals surface area contributed by atoms with Gasteiger partial charge in [0.05, 0.1) is 0 Å². The van der Waals surface area contributed by atoms with Gasteiger partial charge in [-0.1, -0.05) is 39.5 Å². The van der Waals surface area contributed by atoms with Crippen molar-refractivity contribution in [1.82, 2.24) is 0 Å². The summed E-state index contributed by atoms with van der Waals surface area (Å²) in [6.07, 6.45) is 13.0. The summed E-state index contributed by atoms with van der Waals surface area (Å²) in [7, 11) is 0. The van der Waals surface area contributed by atoms with Crippen molar-refractivity contribution in [2.24, 2.45) is 10.8 Å². The molecule has 0 bridgehead atoms. The van der Waals surface area contributed by atoms with Gasteiger partial charge in [-0.05, 0) is 38.5 Å². The molecular formula is C18H32O3. The van der Waals surface area contributed by atoms with Gasteiger partial charge in [0.1, 0.15) is 12.6 Å². The first-order valence-electron chi connectivity index (χ1n) is 8.54. The second-order valence-corrected chi connectivity index (χ2v) is 7.32. The van der Waals surface area contributed by atoms with Crippen molar-refractivity contribution in [2.45, 2.75) is 78.1 Å². The summed E-state index contributed by atoms with van der Waals surface area (Å²) >= 11 is 0. The normalized spacial score (nSPS) is 17.8. The molecule has 0 N–H and O–H groups in total. The topological polar surface area (TPSA) is 43.4 Å². The minimum Gasteiger partial charge on any atom is -0.381 e. The van der Waals surface area contributed by atoms with Crippen LogP contribution in [0.4, 0.5) is 0 Å². The number of hydrogen-bond acceptors (Lipinski definition) is 3. The third kappa shape index (κ3) is 7.21. The highest BCUT2D eigenvalue weighted by molar-refractivity contribution is 5.59. The zero-order valence-electron chi connectivity index (χ0n) is 13.9. The van der Waals surface area contributed by atoms with Gasteiger partial charge >= 0.3 is 0 Å². The number of unbranched alkanes of at least 4 members (excludes halogenated alkanes) is 2. The zero-order chi connectivity index (χ0) is 15.6. The number of rotatable bonds is 12. The van der Waals surface area contributed by atoms with E-state index in [1.54, 1.807) is 0 Å². The molecule has 122 valence electrons. The molecule has 0 aromatic heterocycles. The summed E-state index contributed by atoms with van der Waals surface area (Å²) < 4.78 is 5.64. The number of aldehydes is 2. The van der Waals surface area contributed by atoms with Crippen molar-refractivity contribution < 1.29 is 14.3 Å². The summed E-state index contributed by atoms with van der Waals surface area (Å²) in [4.78, 5) is 22.0. The first-order chi connectivity index (χ1) is 10.0. The average molecular weight is 296 g/mol.